The lowest BCUT2D eigenvalue weighted by Crippen LogP contribution is -2.49. The highest BCUT2D eigenvalue weighted by Crippen LogP contribution is 2.17. The summed E-state index contributed by atoms with van der Waals surface area (Å²) in [6.07, 6.45) is 1.72. The summed E-state index contributed by atoms with van der Waals surface area (Å²) in [6, 6.07) is 0.784. The van der Waals surface area contributed by atoms with Gasteiger partial charge >= 0.3 is 0 Å². The number of aliphatic hydroxyl groups is 1. The number of hydrogen-bond donors (Lipinski definition) is 2. The van der Waals surface area contributed by atoms with Gasteiger partial charge in [-0.3, -0.25) is 4.90 Å². The van der Waals surface area contributed by atoms with Gasteiger partial charge in [0.15, 0.2) is 0 Å². The van der Waals surface area contributed by atoms with E-state index < -0.39 is 10.2 Å². The van der Waals surface area contributed by atoms with E-state index >= 15 is 0 Å². The number of rotatable bonds is 8. The zero-order valence-electron chi connectivity index (χ0n) is 13.7. The van der Waals surface area contributed by atoms with E-state index in [1.807, 2.05) is 0 Å². The van der Waals surface area contributed by atoms with Crippen molar-refractivity contribution in [2.24, 2.45) is 5.92 Å². The first-order chi connectivity index (χ1) is 9.77. The Kier molecular flexibility index (Phi) is 7.56. The van der Waals surface area contributed by atoms with Crippen molar-refractivity contribution in [3.63, 3.8) is 0 Å². The first-order valence-corrected chi connectivity index (χ1v) is 9.33. The quantitative estimate of drug-likeness (QED) is 0.688. The van der Waals surface area contributed by atoms with Crippen molar-refractivity contribution in [1.29, 1.82) is 0 Å². The summed E-state index contributed by atoms with van der Waals surface area (Å²) in [7, 11) is -3.43. The van der Waals surface area contributed by atoms with Gasteiger partial charge in [-0.1, -0.05) is 0 Å². The average Bonchev–Trinajstić information content (AvgIpc) is 2.42. The monoisotopic (exact) mass is 321 g/mol. The van der Waals surface area contributed by atoms with Crippen molar-refractivity contribution in [2.75, 3.05) is 32.8 Å². The Morgan fingerprint density at radius 1 is 1.29 bits per heavy atom. The van der Waals surface area contributed by atoms with Crippen molar-refractivity contribution in [3.8, 4) is 0 Å². The Hall–Kier alpha value is -0.210. The largest absolute Gasteiger partial charge is 0.396 e. The third kappa shape index (κ3) is 5.83. The standard InChI is InChI=1S/C14H31N3O3S/c1-12(2)17(13(3)4)9-7-15-21(19,20)16-8-5-6-14(10-16)11-18/h12-15,18H,5-11H2,1-4H3. The highest BCUT2D eigenvalue weighted by Gasteiger charge is 2.28. The molecule has 0 amide bonds. The molecular weight excluding hydrogens is 290 g/mol. The van der Waals surface area contributed by atoms with Crippen LogP contribution in [0.5, 0.6) is 0 Å². The molecule has 0 aromatic rings. The van der Waals surface area contributed by atoms with Crippen molar-refractivity contribution in [3.05, 3.63) is 0 Å². The Morgan fingerprint density at radius 2 is 1.90 bits per heavy atom. The molecule has 1 aliphatic heterocycles. The van der Waals surface area contributed by atoms with Gasteiger partial charge in [0.1, 0.15) is 0 Å². The van der Waals surface area contributed by atoms with E-state index in [9.17, 15) is 13.5 Å². The molecule has 0 aliphatic carbocycles. The molecule has 1 atom stereocenters. The maximum Gasteiger partial charge on any atom is 0.279 e. The molecule has 0 spiro atoms. The van der Waals surface area contributed by atoms with Gasteiger partial charge < -0.3 is 5.11 Å². The highest BCUT2D eigenvalue weighted by molar-refractivity contribution is 7.87. The van der Waals surface area contributed by atoms with Crippen LogP contribution in [0.4, 0.5) is 0 Å². The summed E-state index contributed by atoms with van der Waals surface area (Å²) in [5.74, 6) is 0.0677. The molecule has 2 N–H and O–H groups in total. The highest BCUT2D eigenvalue weighted by atomic mass is 32.2. The molecule has 7 heteroatoms. The fourth-order valence-corrected chi connectivity index (χ4v) is 4.21. The Bertz CT molecular complexity index is 390. The first kappa shape index (κ1) is 18.8. The van der Waals surface area contributed by atoms with Crippen LogP contribution >= 0.6 is 0 Å². The minimum atomic E-state index is -3.43. The van der Waals surface area contributed by atoms with Crippen molar-refractivity contribution >= 4 is 10.2 Å². The molecule has 1 rings (SSSR count). The zero-order valence-corrected chi connectivity index (χ0v) is 14.6. The summed E-state index contributed by atoms with van der Waals surface area (Å²) >= 11 is 0. The molecule has 0 radical (unpaired) electrons. The van der Waals surface area contributed by atoms with E-state index in [4.69, 9.17) is 0 Å². The fraction of sp³-hybridized carbons (Fsp3) is 1.00. The Labute approximate surface area is 129 Å². The van der Waals surface area contributed by atoms with Gasteiger partial charge in [0.05, 0.1) is 0 Å². The van der Waals surface area contributed by atoms with E-state index in [-0.39, 0.29) is 12.5 Å². The molecule has 0 saturated carbocycles. The van der Waals surface area contributed by atoms with Crippen LogP contribution in [0.15, 0.2) is 0 Å². The van der Waals surface area contributed by atoms with Crippen LogP contribution < -0.4 is 4.72 Å². The van der Waals surface area contributed by atoms with Crippen LogP contribution in [0.2, 0.25) is 0 Å². The number of hydrogen-bond acceptors (Lipinski definition) is 4. The van der Waals surface area contributed by atoms with Gasteiger partial charge in [-0.25, -0.2) is 4.72 Å². The smallest absolute Gasteiger partial charge is 0.279 e. The normalized spacial score (nSPS) is 21.6. The van der Waals surface area contributed by atoms with Gasteiger partial charge in [0.2, 0.25) is 0 Å². The molecule has 126 valence electrons. The van der Waals surface area contributed by atoms with Crippen LogP contribution in [0.1, 0.15) is 40.5 Å². The van der Waals surface area contributed by atoms with Gasteiger partial charge in [-0.05, 0) is 46.5 Å². The van der Waals surface area contributed by atoms with Crippen LogP contribution in [0.3, 0.4) is 0 Å². The molecule has 1 saturated heterocycles. The van der Waals surface area contributed by atoms with E-state index in [1.54, 1.807) is 0 Å². The van der Waals surface area contributed by atoms with Gasteiger partial charge in [0.25, 0.3) is 10.2 Å². The molecule has 0 aromatic carbocycles. The lowest BCUT2D eigenvalue weighted by atomic mass is 10.0. The van der Waals surface area contributed by atoms with Gasteiger partial charge in [-0.15, -0.1) is 0 Å². The average molecular weight is 321 g/mol. The lowest BCUT2D eigenvalue weighted by molar-refractivity contribution is 0.163. The van der Waals surface area contributed by atoms with Gasteiger partial charge in [0, 0.05) is 44.9 Å². The molecule has 1 heterocycles. The SMILES string of the molecule is CC(C)N(CCNS(=O)(=O)N1CCCC(CO)C1)C(C)C. The van der Waals surface area contributed by atoms with Crippen LogP contribution in [0, 0.1) is 5.92 Å². The molecule has 1 aliphatic rings. The fourth-order valence-electron chi connectivity index (χ4n) is 2.90. The molecule has 0 bridgehead atoms. The van der Waals surface area contributed by atoms with Crippen LogP contribution in [-0.2, 0) is 10.2 Å². The van der Waals surface area contributed by atoms with Crippen molar-refractivity contribution < 1.29 is 13.5 Å². The Morgan fingerprint density at radius 3 is 2.43 bits per heavy atom. The minimum absolute atomic E-state index is 0.0560. The second-order valence-electron chi connectivity index (χ2n) is 6.37. The van der Waals surface area contributed by atoms with E-state index in [2.05, 4.69) is 37.3 Å². The van der Waals surface area contributed by atoms with Crippen LogP contribution in [0.25, 0.3) is 0 Å². The molecule has 1 fully saturated rings. The van der Waals surface area contributed by atoms with Crippen molar-refractivity contribution in [2.45, 2.75) is 52.6 Å². The lowest BCUT2D eigenvalue weighted by Gasteiger charge is -2.33. The summed E-state index contributed by atoms with van der Waals surface area (Å²) in [5, 5.41) is 9.20. The maximum absolute atomic E-state index is 12.3. The second kappa shape index (κ2) is 8.43. The summed E-state index contributed by atoms with van der Waals surface area (Å²) in [6.45, 7) is 10.6. The van der Waals surface area contributed by atoms with E-state index in [1.165, 1.54) is 4.31 Å². The first-order valence-electron chi connectivity index (χ1n) is 7.89. The topological polar surface area (TPSA) is 72.9 Å². The zero-order chi connectivity index (χ0) is 16.0. The number of piperidine rings is 1. The third-order valence-electron chi connectivity index (χ3n) is 4.06. The summed E-state index contributed by atoms with van der Waals surface area (Å²) < 4.78 is 28.7. The number of nitrogens with zero attached hydrogens (tertiary/aromatic N) is 2. The van der Waals surface area contributed by atoms with E-state index in [0.717, 1.165) is 12.8 Å². The summed E-state index contributed by atoms with van der Waals surface area (Å²) in [4.78, 5) is 2.26. The number of nitrogens with one attached hydrogen (secondary N) is 1. The predicted molar refractivity (Wildman–Crippen MR) is 85.3 cm³/mol. The van der Waals surface area contributed by atoms with Crippen LogP contribution in [-0.4, -0.2) is 67.6 Å². The maximum atomic E-state index is 12.3. The molecule has 0 aromatic heterocycles. The Balaban J connectivity index is 2.49. The number of aliphatic hydroxyl groups excluding tert-OH is 1. The summed E-state index contributed by atoms with van der Waals surface area (Å²) in [5.41, 5.74) is 0. The van der Waals surface area contributed by atoms with E-state index in [0.29, 0.717) is 38.3 Å². The predicted octanol–water partition coefficient (Wildman–Crippen LogP) is 0.644. The van der Waals surface area contributed by atoms with Crippen molar-refractivity contribution in [1.82, 2.24) is 13.9 Å². The molecule has 21 heavy (non-hydrogen) atoms. The molecular formula is C14H31N3O3S. The van der Waals surface area contributed by atoms with Gasteiger partial charge in [-0.2, -0.15) is 12.7 Å². The third-order valence-corrected chi connectivity index (χ3v) is 5.64. The molecule has 1 unspecified atom stereocenters. The molecule has 6 nitrogen and oxygen atoms in total. The second-order valence-corrected chi connectivity index (χ2v) is 8.13. The minimum Gasteiger partial charge on any atom is -0.396 e.